The Morgan fingerprint density at radius 1 is 1.03 bits per heavy atom. The lowest BCUT2D eigenvalue weighted by Gasteiger charge is -2.42. The van der Waals surface area contributed by atoms with Crippen LogP contribution in [-0.4, -0.2) is 55.1 Å². The van der Waals surface area contributed by atoms with Gasteiger partial charge in [0.05, 0.1) is 14.2 Å². The van der Waals surface area contributed by atoms with Crippen LogP contribution in [0.5, 0.6) is 11.5 Å². The number of piperidine rings is 1. The van der Waals surface area contributed by atoms with E-state index in [1.807, 2.05) is 33.7 Å². The van der Waals surface area contributed by atoms with Crippen molar-refractivity contribution < 1.29 is 19.1 Å². The number of carbonyl (C=O) groups excluding carboxylic acids is 2. The van der Waals surface area contributed by atoms with Gasteiger partial charge in [0, 0.05) is 56.7 Å². The molecule has 1 N–H and O–H groups in total. The van der Waals surface area contributed by atoms with Gasteiger partial charge in [-0.1, -0.05) is 12.1 Å². The number of fused-ring (bicyclic) bond motifs is 4. The van der Waals surface area contributed by atoms with Gasteiger partial charge in [-0.2, -0.15) is 0 Å². The van der Waals surface area contributed by atoms with Crippen LogP contribution >= 0.6 is 0 Å². The second kappa shape index (κ2) is 10.1. The summed E-state index contributed by atoms with van der Waals surface area (Å²) in [5, 5.41) is 2.89. The minimum absolute atomic E-state index is 0.00599. The molecular weight excluding hydrogens is 422 g/mol. The Balaban J connectivity index is 1.23. The monoisotopic (exact) mass is 453 g/mol. The van der Waals surface area contributed by atoms with Crippen LogP contribution in [0.15, 0.2) is 41.2 Å². The van der Waals surface area contributed by atoms with Crippen molar-refractivity contribution in [3.8, 4) is 11.5 Å². The zero-order valence-corrected chi connectivity index (χ0v) is 19.2. The number of hydrogen-bond acceptors (Lipinski definition) is 5. The maximum atomic E-state index is 12.8. The minimum Gasteiger partial charge on any atom is -0.493 e. The topological polar surface area (TPSA) is 89.9 Å². The predicted molar refractivity (Wildman–Crippen MR) is 124 cm³/mol. The van der Waals surface area contributed by atoms with Gasteiger partial charge in [-0.3, -0.25) is 14.4 Å². The van der Waals surface area contributed by atoms with Crippen LogP contribution in [0.1, 0.15) is 36.4 Å². The molecule has 2 amide bonds. The number of pyridine rings is 1. The molecule has 8 nitrogen and oxygen atoms in total. The number of hydrogen-bond donors (Lipinski definition) is 1. The number of carbonyl (C=O) groups is 2. The van der Waals surface area contributed by atoms with E-state index in [9.17, 15) is 14.4 Å². The van der Waals surface area contributed by atoms with Crippen molar-refractivity contribution in [2.75, 3.05) is 33.9 Å². The largest absolute Gasteiger partial charge is 0.493 e. The van der Waals surface area contributed by atoms with Gasteiger partial charge in [-0.25, -0.2) is 0 Å². The number of ether oxygens (including phenoxy) is 2. The van der Waals surface area contributed by atoms with E-state index in [4.69, 9.17) is 9.47 Å². The Bertz CT molecular complexity index is 1080. The second-order valence-electron chi connectivity index (χ2n) is 8.79. The fraction of sp³-hybridized carbons (Fsp3) is 0.480. The van der Waals surface area contributed by atoms with Gasteiger partial charge >= 0.3 is 0 Å². The maximum Gasteiger partial charge on any atom is 0.250 e. The van der Waals surface area contributed by atoms with Gasteiger partial charge in [-0.15, -0.1) is 0 Å². The first-order chi connectivity index (χ1) is 16.0. The Kier molecular flexibility index (Phi) is 7.01. The van der Waals surface area contributed by atoms with Crippen LogP contribution in [0.2, 0.25) is 0 Å². The quantitative estimate of drug-likeness (QED) is 0.660. The summed E-state index contributed by atoms with van der Waals surface area (Å²) < 4.78 is 12.4. The summed E-state index contributed by atoms with van der Waals surface area (Å²) in [4.78, 5) is 39.1. The summed E-state index contributed by atoms with van der Waals surface area (Å²) in [6.45, 7) is 2.41. The van der Waals surface area contributed by atoms with Crippen molar-refractivity contribution >= 4 is 11.8 Å². The molecule has 2 aromatic rings. The average Bonchev–Trinajstić information content (AvgIpc) is 2.83. The molecular formula is C25H31N3O5. The number of aromatic nitrogens is 1. The molecule has 2 aliphatic heterocycles. The lowest BCUT2D eigenvalue weighted by molar-refractivity contribution is -0.136. The highest BCUT2D eigenvalue weighted by atomic mass is 16.5. The van der Waals surface area contributed by atoms with Gasteiger partial charge in [0.15, 0.2) is 11.5 Å². The number of amides is 2. The Morgan fingerprint density at radius 3 is 2.64 bits per heavy atom. The number of likely N-dealkylation sites (tertiary alicyclic amines) is 1. The molecule has 0 spiro atoms. The van der Waals surface area contributed by atoms with Crippen molar-refractivity contribution in [1.29, 1.82) is 0 Å². The van der Waals surface area contributed by atoms with Gasteiger partial charge in [-0.05, 0) is 42.5 Å². The van der Waals surface area contributed by atoms with Crippen molar-refractivity contribution in [3.63, 3.8) is 0 Å². The number of methoxy groups -OCH3 is 2. The fourth-order valence-corrected chi connectivity index (χ4v) is 4.95. The summed E-state index contributed by atoms with van der Waals surface area (Å²) in [6, 6.07) is 11.1. The van der Waals surface area contributed by atoms with E-state index < -0.39 is 0 Å². The normalized spacial score (nSPS) is 18.9. The van der Waals surface area contributed by atoms with Crippen molar-refractivity contribution in [1.82, 2.24) is 14.8 Å². The van der Waals surface area contributed by atoms with Crippen LogP contribution < -0.4 is 20.3 Å². The molecule has 2 bridgehead atoms. The number of nitrogens with zero attached hydrogens (tertiary/aromatic N) is 2. The molecule has 0 radical (unpaired) electrons. The third-order valence-corrected chi connectivity index (χ3v) is 6.58. The first kappa shape index (κ1) is 22.9. The zero-order chi connectivity index (χ0) is 23.4. The third-order valence-electron chi connectivity index (χ3n) is 6.58. The molecule has 1 saturated heterocycles. The van der Waals surface area contributed by atoms with Crippen LogP contribution in [0.4, 0.5) is 0 Å². The Labute approximate surface area is 193 Å². The zero-order valence-electron chi connectivity index (χ0n) is 19.2. The highest BCUT2D eigenvalue weighted by Gasteiger charge is 2.36. The molecule has 1 aromatic carbocycles. The Hall–Kier alpha value is -3.29. The SMILES string of the molecule is COc1ccc(CCNC(=O)CCC(=O)N2C[C@H]3C[C@H](C2)c2cccc(=O)n2C3)cc1OC. The van der Waals surface area contributed by atoms with E-state index in [-0.39, 0.29) is 42.1 Å². The fourth-order valence-electron chi connectivity index (χ4n) is 4.95. The van der Waals surface area contributed by atoms with Gasteiger partial charge < -0.3 is 24.3 Å². The van der Waals surface area contributed by atoms with E-state index in [1.165, 1.54) is 0 Å². The van der Waals surface area contributed by atoms with Crippen LogP contribution in [0.25, 0.3) is 0 Å². The van der Waals surface area contributed by atoms with Crippen LogP contribution in [0, 0.1) is 5.92 Å². The molecule has 1 aromatic heterocycles. The molecule has 176 valence electrons. The van der Waals surface area contributed by atoms with Gasteiger partial charge in [0.2, 0.25) is 11.8 Å². The van der Waals surface area contributed by atoms with Crippen molar-refractivity contribution in [2.45, 2.75) is 38.1 Å². The molecule has 8 heteroatoms. The lowest BCUT2D eigenvalue weighted by Crippen LogP contribution is -2.49. The second-order valence-corrected chi connectivity index (χ2v) is 8.79. The first-order valence-electron chi connectivity index (χ1n) is 11.4. The first-order valence-corrected chi connectivity index (χ1v) is 11.4. The van der Waals surface area contributed by atoms with Crippen molar-refractivity contribution in [2.24, 2.45) is 5.92 Å². The van der Waals surface area contributed by atoms with Crippen molar-refractivity contribution in [3.05, 3.63) is 58.0 Å². The highest BCUT2D eigenvalue weighted by Crippen LogP contribution is 2.35. The number of nitrogens with one attached hydrogen (secondary N) is 1. The number of rotatable bonds is 8. The lowest BCUT2D eigenvalue weighted by atomic mass is 9.83. The maximum absolute atomic E-state index is 12.8. The van der Waals surface area contributed by atoms with Gasteiger partial charge in [0.1, 0.15) is 0 Å². The number of benzene rings is 1. The third kappa shape index (κ3) is 5.21. The standard InChI is InChI=1S/C25H31N3O5/c1-32-21-7-6-17(13-22(21)33-2)10-11-26-23(29)8-9-24(30)27-14-18-12-19(16-27)20-4-3-5-25(31)28(20)15-18/h3-7,13,18-19H,8-12,14-16H2,1-2H3,(H,26,29)/t18-,19-/m1/s1. The van der Waals surface area contributed by atoms with Crippen LogP contribution in [-0.2, 0) is 22.6 Å². The van der Waals surface area contributed by atoms with Gasteiger partial charge in [0.25, 0.3) is 5.56 Å². The summed E-state index contributed by atoms with van der Waals surface area (Å²) in [5.41, 5.74) is 2.08. The predicted octanol–water partition coefficient (Wildman–Crippen LogP) is 1.95. The molecule has 4 rings (SSSR count). The highest BCUT2D eigenvalue weighted by molar-refractivity contribution is 5.83. The molecule has 33 heavy (non-hydrogen) atoms. The molecule has 2 aliphatic rings. The van der Waals surface area contributed by atoms with Crippen LogP contribution in [0.3, 0.4) is 0 Å². The minimum atomic E-state index is -0.127. The smallest absolute Gasteiger partial charge is 0.250 e. The molecule has 2 atom stereocenters. The van der Waals surface area contributed by atoms with E-state index in [0.29, 0.717) is 44.1 Å². The molecule has 0 unspecified atom stereocenters. The van der Waals surface area contributed by atoms with E-state index >= 15 is 0 Å². The summed E-state index contributed by atoms with van der Waals surface area (Å²) in [7, 11) is 3.18. The molecule has 1 fully saturated rings. The molecule has 0 saturated carbocycles. The molecule has 0 aliphatic carbocycles. The van der Waals surface area contributed by atoms with E-state index in [2.05, 4.69) is 5.32 Å². The summed E-state index contributed by atoms with van der Waals surface area (Å²) in [5.74, 6) is 1.68. The van der Waals surface area contributed by atoms with E-state index in [0.717, 1.165) is 17.7 Å². The summed E-state index contributed by atoms with van der Waals surface area (Å²) in [6.07, 6.45) is 2.04. The average molecular weight is 454 g/mol. The summed E-state index contributed by atoms with van der Waals surface area (Å²) >= 11 is 0. The molecule has 3 heterocycles. The Morgan fingerprint density at radius 2 is 1.85 bits per heavy atom. The van der Waals surface area contributed by atoms with E-state index in [1.54, 1.807) is 26.4 Å².